The number of carboxylic acids is 2. The summed E-state index contributed by atoms with van der Waals surface area (Å²) in [5.41, 5.74) is 5.40. The summed E-state index contributed by atoms with van der Waals surface area (Å²) in [7, 11) is -3.21. The average molecular weight is 542 g/mol. The molecule has 204 valence electrons. The summed E-state index contributed by atoms with van der Waals surface area (Å²) in [5.74, 6) is -3.27. The van der Waals surface area contributed by atoms with Crippen LogP contribution in [0.25, 0.3) is 0 Å². The normalized spacial score (nSPS) is 13.5. The number of aliphatic carboxylic acids is 2. The molecule has 2 atom stereocenters. The van der Waals surface area contributed by atoms with E-state index in [1.54, 1.807) is 9.34 Å². The summed E-state index contributed by atoms with van der Waals surface area (Å²) in [4.78, 5) is 46.1. The number of rotatable bonds is 20. The van der Waals surface area contributed by atoms with Gasteiger partial charge in [0.2, 0.25) is 11.8 Å². The molecule has 13 nitrogen and oxygen atoms in total. The topological polar surface area (TPSA) is 192 Å². The number of thioether (sulfide) groups is 1. The quantitative estimate of drug-likeness (QED) is 0.105. The lowest BCUT2D eigenvalue weighted by Gasteiger charge is -2.36. The van der Waals surface area contributed by atoms with Crippen LogP contribution in [0.5, 0.6) is 0 Å². The molecular formula is C20H40N5O8PS. The van der Waals surface area contributed by atoms with Gasteiger partial charge in [-0.15, -0.1) is 0 Å². The van der Waals surface area contributed by atoms with E-state index >= 15 is 0 Å². The van der Waals surface area contributed by atoms with Crippen molar-refractivity contribution in [2.45, 2.75) is 52.6 Å². The van der Waals surface area contributed by atoms with Crippen molar-refractivity contribution in [3.63, 3.8) is 0 Å². The molecular weight excluding hydrogens is 501 g/mol. The molecule has 0 saturated carbocycles. The fraction of sp³-hybridized carbons (Fsp3) is 0.800. The molecule has 0 aromatic carbocycles. The molecule has 0 aliphatic heterocycles. The first kappa shape index (κ1) is 33.3. The van der Waals surface area contributed by atoms with E-state index in [1.807, 2.05) is 27.7 Å². The maximum atomic E-state index is 13.6. The Hall–Kier alpha value is -1.70. The zero-order valence-electron chi connectivity index (χ0n) is 20.9. The molecule has 0 saturated heterocycles. The van der Waals surface area contributed by atoms with E-state index in [9.17, 15) is 23.7 Å². The van der Waals surface area contributed by atoms with Crippen LogP contribution in [0.1, 0.15) is 40.5 Å². The fourth-order valence-electron chi connectivity index (χ4n) is 3.07. The molecule has 0 aliphatic rings. The summed E-state index contributed by atoms with van der Waals surface area (Å²) in [6, 6.07) is -2.26. The van der Waals surface area contributed by atoms with Crippen LogP contribution in [-0.2, 0) is 28.3 Å². The Labute approximate surface area is 211 Å². The highest BCUT2D eigenvalue weighted by Crippen LogP contribution is 2.53. The van der Waals surface area contributed by atoms with Crippen molar-refractivity contribution < 1.29 is 38.5 Å². The molecule has 2 unspecified atom stereocenters. The van der Waals surface area contributed by atoms with E-state index in [0.29, 0.717) is 31.9 Å². The second-order valence-corrected chi connectivity index (χ2v) is 10.9. The number of nitrogens with two attached hydrogens (primary N) is 1. The van der Waals surface area contributed by atoms with Gasteiger partial charge in [-0.25, -0.2) is 9.34 Å². The van der Waals surface area contributed by atoms with Gasteiger partial charge in [0, 0.05) is 44.1 Å². The third kappa shape index (κ3) is 12.2. The van der Waals surface area contributed by atoms with Crippen LogP contribution in [-0.4, -0.2) is 106 Å². The van der Waals surface area contributed by atoms with Gasteiger partial charge in [-0.3, -0.25) is 23.7 Å². The molecule has 0 bridgehead atoms. The second kappa shape index (κ2) is 17.7. The van der Waals surface area contributed by atoms with E-state index in [4.69, 9.17) is 20.5 Å². The molecule has 0 aromatic heterocycles. The van der Waals surface area contributed by atoms with Crippen LogP contribution in [0.2, 0.25) is 0 Å². The smallest absolute Gasteiger partial charge is 0.346 e. The van der Waals surface area contributed by atoms with Crippen LogP contribution in [0.3, 0.4) is 0 Å². The Morgan fingerprint density at radius 2 is 1.57 bits per heavy atom. The molecule has 0 rings (SSSR count). The van der Waals surface area contributed by atoms with Crippen LogP contribution < -0.4 is 16.4 Å². The zero-order valence-corrected chi connectivity index (χ0v) is 22.6. The van der Waals surface area contributed by atoms with Crippen molar-refractivity contribution in [1.29, 1.82) is 0 Å². The summed E-state index contributed by atoms with van der Waals surface area (Å²) >= 11 is 1.26. The van der Waals surface area contributed by atoms with Crippen LogP contribution in [0.15, 0.2) is 0 Å². The standard InChI is InChI=1S/C20H40N5O8PS/c1-5-24(6-2)34(32,25(7-3)8-4)33-11-12-35-14-16(19(29)22-13-18(27)28)23-17(26)10-9-15(21)20(30)31/h15-16H,5-14,21H2,1-4H3,(H,22,29)(H,23,26)(H,27,28)(H,30,31). The summed E-state index contributed by atoms with van der Waals surface area (Å²) < 4.78 is 23.0. The Morgan fingerprint density at radius 3 is 2.03 bits per heavy atom. The maximum absolute atomic E-state index is 13.6. The molecule has 0 fully saturated rings. The van der Waals surface area contributed by atoms with Crippen LogP contribution >= 0.6 is 19.4 Å². The number of amides is 2. The zero-order chi connectivity index (χ0) is 27.0. The van der Waals surface area contributed by atoms with Crippen molar-refractivity contribution in [2.75, 3.05) is 50.8 Å². The first-order chi connectivity index (χ1) is 16.5. The Kier molecular flexibility index (Phi) is 16.8. The molecule has 0 aromatic rings. The van der Waals surface area contributed by atoms with Gasteiger partial charge in [-0.05, 0) is 6.42 Å². The predicted molar refractivity (Wildman–Crippen MR) is 134 cm³/mol. The van der Waals surface area contributed by atoms with Gasteiger partial charge >= 0.3 is 19.6 Å². The minimum atomic E-state index is -3.21. The number of carboxylic acid groups (broad SMARTS) is 2. The number of carbonyl (C=O) groups is 4. The number of nitrogens with zero attached hydrogens (tertiary/aromatic N) is 2. The molecule has 0 spiro atoms. The largest absolute Gasteiger partial charge is 0.480 e. The first-order valence-corrected chi connectivity index (χ1v) is 14.2. The number of hydrogen-bond acceptors (Lipinski definition) is 8. The highest BCUT2D eigenvalue weighted by atomic mass is 32.2. The van der Waals surface area contributed by atoms with E-state index in [1.165, 1.54) is 11.8 Å². The Morgan fingerprint density at radius 1 is 1.03 bits per heavy atom. The summed E-state index contributed by atoms with van der Waals surface area (Å²) in [6.07, 6.45) is -0.321. The fourth-order valence-corrected chi connectivity index (χ4v) is 6.47. The molecule has 35 heavy (non-hydrogen) atoms. The van der Waals surface area contributed by atoms with Crippen LogP contribution in [0, 0.1) is 0 Å². The average Bonchev–Trinajstić information content (AvgIpc) is 2.81. The highest BCUT2D eigenvalue weighted by Gasteiger charge is 2.35. The second-order valence-electron chi connectivity index (χ2n) is 7.39. The van der Waals surface area contributed by atoms with E-state index < -0.39 is 50.1 Å². The molecule has 0 heterocycles. The summed E-state index contributed by atoms with van der Waals surface area (Å²) in [5, 5.41) is 22.3. The third-order valence-electron chi connectivity index (χ3n) is 5.01. The SMILES string of the molecule is CCN(CC)P(=O)(OCCSCC(NC(=O)CCC(N)C(=O)O)C(=O)NCC(=O)O)N(CC)CC. The monoisotopic (exact) mass is 541 g/mol. The third-order valence-corrected chi connectivity index (χ3v) is 9.12. The number of hydrogen-bond donors (Lipinski definition) is 5. The number of nitrogens with one attached hydrogen (secondary N) is 2. The van der Waals surface area contributed by atoms with Crippen LogP contribution in [0.4, 0.5) is 0 Å². The highest BCUT2D eigenvalue weighted by molar-refractivity contribution is 7.99. The van der Waals surface area contributed by atoms with Crippen molar-refractivity contribution >= 4 is 43.2 Å². The van der Waals surface area contributed by atoms with Gasteiger partial charge in [-0.1, -0.05) is 27.7 Å². The number of carbonyl (C=O) groups excluding carboxylic acids is 2. The predicted octanol–water partition coefficient (Wildman–Crippen LogP) is 0.406. The Balaban J connectivity index is 5.02. The lowest BCUT2D eigenvalue weighted by molar-refractivity contribution is -0.139. The van der Waals surface area contributed by atoms with Gasteiger partial charge in [0.05, 0.1) is 6.61 Å². The minimum Gasteiger partial charge on any atom is -0.480 e. The minimum absolute atomic E-state index is 0.104. The molecule has 15 heteroatoms. The lowest BCUT2D eigenvalue weighted by atomic mass is 10.1. The van der Waals surface area contributed by atoms with Crippen molar-refractivity contribution in [2.24, 2.45) is 5.73 Å². The first-order valence-electron chi connectivity index (χ1n) is 11.6. The van der Waals surface area contributed by atoms with E-state index in [0.717, 1.165) is 0 Å². The van der Waals surface area contributed by atoms with E-state index in [-0.39, 0.29) is 25.2 Å². The Bertz CT molecular complexity index is 720. The summed E-state index contributed by atoms with van der Waals surface area (Å²) in [6.45, 7) is 9.38. The van der Waals surface area contributed by atoms with E-state index in [2.05, 4.69) is 10.6 Å². The van der Waals surface area contributed by atoms with Crippen molar-refractivity contribution in [3.05, 3.63) is 0 Å². The van der Waals surface area contributed by atoms with Gasteiger partial charge in [0.1, 0.15) is 18.6 Å². The maximum Gasteiger partial charge on any atom is 0.346 e. The molecule has 6 N–H and O–H groups in total. The van der Waals surface area contributed by atoms with Crippen molar-refractivity contribution in [1.82, 2.24) is 20.0 Å². The van der Waals surface area contributed by atoms with Gasteiger partial charge < -0.3 is 31.1 Å². The molecule has 2 amide bonds. The molecule has 0 radical (unpaired) electrons. The van der Waals surface area contributed by atoms with Gasteiger partial charge in [-0.2, -0.15) is 11.8 Å². The van der Waals surface area contributed by atoms with Gasteiger partial charge in [0.25, 0.3) is 0 Å². The molecule has 0 aliphatic carbocycles. The van der Waals surface area contributed by atoms with Crippen molar-refractivity contribution in [3.8, 4) is 0 Å². The lowest BCUT2D eigenvalue weighted by Crippen LogP contribution is -2.49. The van der Waals surface area contributed by atoms with Gasteiger partial charge in [0.15, 0.2) is 0 Å².